The largest absolute Gasteiger partial charge is 0.352 e. The lowest BCUT2D eigenvalue weighted by Gasteiger charge is -2.26. The van der Waals surface area contributed by atoms with Crippen molar-refractivity contribution in [3.05, 3.63) is 34.3 Å². The van der Waals surface area contributed by atoms with Gasteiger partial charge in [0.15, 0.2) is 5.96 Å². The van der Waals surface area contributed by atoms with Crippen LogP contribution in [0.5, 0.6) is 0 Å². The van der Waals surface area contributed by atoms with Crippen LogP contribution in [-0.2, 0) is 11.3 Å². The highest BCUT2D eigenvalue weighted by atomic mass is 79.9. The molecule has 6 heteroatoms. The van der Waals surface area contributed by atoms with E-state index in [2.05, 4.69) is 48.6 Å². The van der Waals surface area contributed by atoms with Crippen LogP contribution in [0.4, 0.5) is 0 Å². The van der Waals surface area contributed by atoms with Crippen molar-refractivity contribution in [1.82, 2.24) is 15.5 Å². The van der Waals surface area contributed by atoms with Crippen LogP contribution in [0.1, 0.15) is 44.1 Å². The van der Waals surface area contributed by atoms with Crippen LogP contribution in [-0.4, -0.2) is 42.9 Å². The summed E-state index contributed by atoms with van der Waals surface area (Å²) in [6, 6.07) is 8.53. The molecular weight excluding hydrogens is 392 g/mol. The molecule has 1 amide bonds. The fourth-order valence-corrected chi connectivity index (χ4v) is 4.13. The van der Waals surface area contributed by atoms with Gasteiger partial charge in [0.1, 0.15) is 0 Å². The Morgan fingerprint density at radius 2 is 1.92 bits per heavy atom. The molecule has 1 heterocycles. The van der Waals surface area contributed by atoms with Crippen molar-refractivity contribution in [1.29, 1.82) is 0 Å². The van der Waals surface area contributed by atoms with Crippen molar-refractivity contribution in [3.63, 3.8) is 0 Å². The van der Waals surface area contributed by atoms with E-state index in [1.807, 2.05) is 12.1 Å². The van der Waals surface area contributed by atoms with Gasteiger partial charge in [0.25, 0.3) is 0 Å². The van der Waals surface area contributed by atoms with Crippen molar-refractivity contribution in [2.75, 3.05) is 20.1 Å². The number of carbonyl (C=O) groups is 1. The number of carbonyl (C=O) groups excluding carboxylic acids is 1. The molecule has 1 aliphatic carbocycles. The first-order valence-electron chi connectivity index (χ1n) is 9.66. The van der Waals surface area contributed by atoms with E-state index in [0.717, 1.165) is 49.3 Å². The summed E-state index contributed by atoms with van der Waals surface area (Å²) in [5, 5.41) is 6.83. The minimum absolute atomic E-state index is 0.261. The summed E-state index contributed by atoms with van der Waals surface area (Å²) in [5.41, 5.74) is 1.21. The van der Waals surface area contributed by atoms with E-state index in [9.17, 15) is 4.79 Å². The normalized spacial score (nSPS) is 21.7. The van der Waals surface area contributed by atoms with Crippen LogP contribution in [0.2, 0.25) is 0 Å². The zero-order chi connectivity index (χ0) is 18.4. The number of benzene rings is 1. The molecule has 1 atom stereocenters. The minimum atomic E-state index is 0.261. The average Bonchev–Trinajstić information content (AvgIpc) is 3.15. The van der Waals surface area contributed by atoms with Crippen molar-refractivity contribution >= 4 is 27.8 Å². The number of halogens is 1. The van der Waals surface area contributed by atoms with Gasteiger partial charge >= 0.3 is 0 Å². The second kappa shape index (κ2) is 9.40. The van der Waals surface area contributed by atoms with Crippen molar-refractivity contribution in [2.24, 2.45) is 10.9 Å². The highest BCUT2D eigenvalue weighted by Gasteiger charge is 2.31. The maximum Gasteiger partial charge on any atom is 0.225 e. The Balaban J connectivity index is 1.45. The summed E-state index contributed by atoms with van der Waals surface area (Å²) in [4.78, 5) is 19.1. The van der Waals surface area contributed by atoms with Crippen LogP contribution in [0.3, 0.4) is 0 Å². The second-order valence-electron chi connectivity index (χ2n) is 7.30. The van der Waals surface area contributed by atoms with Crippen molar-refractivity contribution in [3.8, 4) is 0 Å². The molecule has 1 aromatic carbocycles. The van der Waals surface area contributed by atoms with Gasteiger partial charge in [-0.25, -0.2) is 0 Å². The molecule has 142 valence electrons. The number of rotatable bonds is 4. The number of nitrogens with zero attached hydrogens (tertiary/aromatic N) is 2. The summed E-state index contributed by atoms with van der Waals surface area (Å²) in [5.74, 6) is 1.43. The molecule has 0 bridgehead atoms. The standard InChI is InChI=1S/C20H29BrN4O/c1-22-20(23-13-15-7-9-17(21)10-8-15)24-18-11-12-25(14-18)19(26)16-5-3-2-4-6-16/h7-10,16,18H,2-6,11-14H2,1H3,(H2,22,23,24). The Morgan fingerprint density at radius 1 is 1.19 bits per heavy atom. The molecule has 2 N–H and O–H groups in total. The summed E-state index contributed by atoms with van der Waals surface area (Å²) >= 11 is 3.45. The van der Waals surface area contributed by atoms with Gasteiger partial charge in [0.05, 0.1) is 0 Å². The molecule has 2 aliphatic rings. The van der Waals surface area contributed by atoms with Crippen molar-refractivity contribution in [2.45, 2.75) is 51.1 Å². The van der Waals surface area contributed by atoms with Crippen LogP contribution in [0, 0.1) is 5.92 Å². The van der Waals surface area contributed by atoms with Gasteiger partial charge in [-0.05, 0) is 37.0 Å². The van der Waals surface area contributed by atoms with E-state index in [1.54, 1.807) is 7.05 Å². The van der Waals surface area contributed by atoms with Gasteiger partial charge < -0.3 is 15.5 Å². The highest BCUT2D eigenvalue weighted by Crippen LogP contribution is 2.26. The first-order chi connectivity index (χ1) is 12.7. The second-order valence-corrected chi connectivity index (χ2v) is 8.22. The fourth-order valence-electron chi connectivity index (χ4n) is 3.86. The summed E-state index contributed by atoms with van der Waals surface area (Å²) in [6.07, 6.45) is 6.83. The molecule has 1 saturated carbocycles. The molecule has 1 aliphatic heterocycles. The van der Waals surface area contributed by atoms with Crippen LogP contribution in [0.25, 0.3) is 0 Å². The number of aliphatic imine (C=N–C) groups is 1. The predicted octanol–water partition coefficient (Wildman–Crippen LogP) is 3.30. The van der Waals surface area contributed by atoms with E-state index in [0.29, 0.717) is 5.91 Å². The van der Waals surface area contributed by atoms with Crippen LogP contribution < -0.4 is 10.6 Å². The van der Waals surface area contributed by atoms with E-state index < -0.39 is 0 Å². The smallest absolute Gasteiger partial charge is 0.225 e. The average molecular weight is 421 g/mol. The predicted molar refractivity (Wildman–Crippen MR) is 109 cm³/mol. The number of guanidine groups is 1. The van der Waals surface area contributed by atoms with E-state index in [-0.39, 0.29) is 12.0 Å². The lowest BCUT2D eigenvalue weighted by Crippen LogP contribution is -2.45. The zero-order valence-corrected chi connectivity index (χ0v) is 17.1. The molecule has 3 rings (SSSR count). The number of nitrogens with one attached hydrogen (secondary N) is 2. The molecule has 5 nitrogen and oxygen atoms in total. The molecule has 2 fully saturated rings. The van der Waals surface area contributed by atoms with Gasteiger partial charge in [-0.15, -0.1) is 0 Å². The number of amides is 1. The third kappa shape index (κ3) is 5.22. The Labute approximate surface area is 164 Å². The summed E-state index contributed by atoms with van der Waals surface area (Å²) in [7, 11) is 1.79. The highest BCUT2D eigenvalue weighted by molar-refractivity contribution is 9.10. The fraction of sp³-hybridized carbons (Fsp3) is 0.600. The minimum Gasteiger partial charge on any atom is -0.352 e. The van der Waals surface area contributed by atoms with E-state index in [1.165, 1.54) is 24.8 Å². The summed E-state index contributed by atoms with van der Waals surface area (Å²) < 4.78 is 1.08. The number of likely N-dealkylation sites (tertiary alicyclic amines) is 1. The Morgan fingerprint density at radius 3 is 2.62 bits per heavy atom. The van der Waals surface area contributed by atoms with Gasteiger partial charge in [-0.3, -0.25) is 9.79 Å². The third-order valence-electron chi connectivity index (χ3n) is 5.39. The summed E-state index contributed by atoms with van der Waals surface area (Å²) in [6.45, 7) is 2.37. The molecule has 0 aromatic heterocycles. The van der Waals surface area contributed by atoms with Crippen LogP contribution >= 0.6 is 15.9 Å². The maximum atomic E-state index is 12.7. The Hall–Kier alpha value is -1.56. The maximum absolute atomic E-state index is 12.7. The van der Waals surface area contributed by atoms with Gasteiger partial charge in [-0.1, -0.05) is 47.3 Å². The zero-order valence-electron chi connectivity index (χ0n) is 15.5. The SMILES string of the molecule is CN=C(NCc1ccc(Br)cc1)NC1CCN(C(=O)C2CCCCC2)C1. The van der Waals surface area contributed by atoms with E-state index in [4.69, 9.17) is 0 Å². The quantitative estimate of drug-likeness (QED) is 0.580. The number of hydrogen-bond acceptors (Lipinski definition) is 2. The molecule has 1 saturated heterocycles. The van der Waals surface area contributed by atoms with Crippen molar-refractivity contribution < 1.29 is 4.79 Å². The lowest BCUT2D eigenvalue weighted by atomic mass is 9.88. The molecule has 0 spiro atoms. The topological polar surface area (TPSA) is 56.7 Å². The third-order valence-corrected chi connectivity index (χ3v) is 5.92. The van der Waals surface area contributed by atoms with Gasteiger partial charge in [0.2, 0.25) is 5.91 Å². The number of hydrogen-bond donors (Lipinski definition) is 2. The van der Waals surface area contributed by atoms with Crippen LogP contribution in [0.15, 0.2) is 33.7 Å². The van der Waals surface area contributed by atoms with Gasteiger partial charge in [-0.2, -0.15) is 0 Å². The Bertz CT molecular complexity index is 625. The Kier molecular flexibility index (Phi) is 6.94. The first-order valence-corrected chi connectivity index (χ1v) is 10.5. The first kappa shape index (κ1) is 19.2. The van der Waals surface area contributed by atoms with E-state index >= 15 is 0 Å². The molecule has 1 unspecified atom stereocenters. The molecule has 26 heavy (non-hydrogen) atoms. The lowest BCUT2D eigenvalue weighted by molar-refractivity contribution is -0.135. The molecule has 0 radical (unpaired) electrons. The molecule has 1 aromatic rings. The molecular formula is C20H29BrN4O. The monoisotopic (exact) mass is 420 g/mol. The van der Waals surface area contributed by atoms with Gasteiger partial charge in [0, 0.05) is 43.1 Å².